The van der Waals surface area contributed by atoms with Gasteiger partial charge >= 0.3 is 0 Å². The lowest BCUT2D eigenvalue weighted by Gasteiger charge is -2.21. The smallest absolute Gasteiger partial charge is 0.270 e. The molecular formula is C15H18ClN3OS. The van der Waals surface area contributed by atoms with Crippen LogP contribution >= 0.6 is 22.9 Å². The number of amides is 1. The molecule has 2 aromatic heterocycles. The monoisotopic (exact) mass is 323 g/mol. The second-order valence-electron chi connectivity index (χ2n) is 5.23. The van der Waals surface area contributed by atoms with Crippen molar-refractivity contribution in [1.29, 1.82) is 0 Å². The zero-order valence-corrected chi connectivity index (χ0v) is 13.3. The molecule has 3 rings (SSSR count). The molecule has 0 radical (unpaired) electrons. The molecule has 0 aliphatic carbocycles. The summed E-state index contributed by atoms with van der Waals surface area (Å²) >= 11 is 7.66. The Bertz CT molecular complexity index is 596. The van der Waals surface area contributed by atoms with Crippen LogP contribution in [0, 0.1) is 0 Å². The fraction of sp³-hybridized carbons (Fsp3) is 0.400. The third kappa shape index (κ3) is 3.67. The first-order chi connectivity index (χ1) is 10.2. The highest BCUT2D eigenvalue weighted by Gasteiger charge is 2.21. The number of nitrogens with zero attached hydrogens (tertiary/aromatic N) is 2. The Kier molecular flexibility index (Phi) is 4.63. The molecule has 3 heterocycles. The van der Waals surface area contributed by atoms with Crippen LogP contribution in [0.2, 0.25) is 5.02 Å². The van der Waals surface area contributed by atoms with Gasteiger partial charge < -0.3 is 9.88 Å². The van der Waals surface area contributed by atoms with Crippen molar-refractivity contribution in [2.24, 2.45) is 0 Å². The number of aromatic nitrogens is 1. The third-order valence-corrected chi connectivity index (χ3v) is 4.79. The summed E-state index contributed by atoms with van der Waals surface area (Å²) in [6, 6.07) is 5.94. The molecule has 6 heteroatoms. The van der Waals surface area contributed by atoms with E-state index in [9.17, 15) is 4.79 Å². The third-order valence-electron chi connectivity index (χ3n) is 3.71. The van der Waals surface area contributed by atoms with Crippen LogP contribution in [-0.2, 0) is 6.54 Å². The van der Waals surface area contributed by atoms with Gasteiger partial charge in [0.15, 0.2) is 0 Å². The van der Waals surface area contributed by atoms with Crippen LogP contribution < -0.4 is 0 Å². The summed E-state index contributed by atoms with van der Waals surface area (Å²) in [6.45, 7) is 4.50. The van der Waals surface area contributed by atoms with Crippen molar-refractivity contribution >= 4 is 28.8 Å². The summed E-state index contributed by atoms with van der Waals surface area (Å²) < 4.78 is 0. The molecule has 0 atom stereocenters. The van der Waals surface area contributed by atoms with Crippen molar-refractivity contribution in [3.63, 3.8) is 0 Å². The fourth-order valence-electron chi connectivity index (χ4n) is 2.62. The molecule has 1 saturated heterocycles. The Morgan fingerprint density at radius 1 is 1.33 bits per heavy atom. The Labute approximate surface area is 133 Å². The van der Waals surface area contributed by atoms with E-state index in [-0.39, 0.29) is 5.91 Å². The standard InChI is InChI=1S/C15H18ClN3OS/c16-12-9-14(17-10-12)15(20)19-5-2-4-18(6-7-19)11-13-3-1-8-21-13/h1,3,8-10,17H,2,4-7,11H2. The van der Waals surface area contributed by atoms with Crippen molar-refractivity contribution in [1.82, 2.24) is 14.8 Å². The average molecular weight is 324 g/mol. The highest BCUT2D eigenvalue weighted by molar-refractivity contribution is 7.09. The van der Waals surface area contributed by atoms with Crippen LogP contribution in [0.5, 0.6) is 0 Å². The number of hydrogen-bond acceptors (Lipinski definition) is 3. The van der Waals surface area contributed by atoms with Crippen LogP contribution in [0.1, 0.15) is 21.8 Å². The Balaban J connectivity index is 1.59. The molecule has 1 fully saturated rings. The van der Waals surface area contributed by atoms with E-state index in [2.05, 4.69) is 27.4 Å². The summed E-state index contributed by atoms with van der Waals surface area (Å²) in [4.78, 5) is 21.1. The molecule has 0 unspecified atom stereocenters. The normalized spacial score (nSPS) is 16.9. The van der Waals surface area contributed by atoms with Gasteiger partial charge in [0.1, 0.15) is 5.69 Å². The van der Waals surface area contributed by atoms with E-state index in [4.69, 9.17) is 11.6 Å². The van der Waals surface area contributed by atoms with Gasteiger partial charge in [-0.1, -0.05) is 17.7 Å². The Morgan fingerprint density at radius 2 is 2.24 bits per heavy atom. The lowest BCUT2D eigenvalue weighted by molar-refractivity contribution is 0.0756. The lowest BCUT2D eigenvalue weighted by Crippen LogP contribution is -2.35. The maximum absolute atomic E-state index is 12.4. The first-order valence-electron chi connectivity index (χ1n) is 7.10. The molecule has 1 amide bonds. The molecule has 1 N–H and O–H groups in total. The molecule has 21 heavy (non-hydrogen) atoms. The topological polar surface area (TPSA) is 39.3 Å². The molecule has 4 nitrogen and oxygen atoms in total. The summed E-state index contributed by atoms with van der Waals surface area (Å²) in [5.74, 6) is 0.0415. The Morgan fingerprint density at radius 3 is 2.95 bits per heavy atom. The van der Waals surface area contributed by atoms with Gasteiger partial charge in [-0.3, -0.25) is 9.69 Å². The second kappa shape index (κ2) is 6.64. The SMILES string of the molecule is O=C(c1cc(Cl)c[nH]1)N1CCCN(Cc2cccs2)CC1. The van der Waals surface area contributed by atoms with E-state index in [1.807, 2.05) is 4.90 Å². The predicted octanol–water partition coefficient (Wildman–Crippen LogP) is 3.08. The molecule has 2 aromatic rings. The molecule has 0 bridgehead atoms. The zero-order chi connectivity index (χ0) is 14.7. The summed E-state index contributed by atoms with van der Waals surface area (Å²) in [5.41, 5.74) is 0.576. The summed E-state index contributed by atoms with van der Waals surface area (Å²) in [5, 5.41) is 2.69. The minimum Gasteiger partial charge on any atom is -0.356 e. The van der Waals surface area contributed by atoms with Gasteiger partial charge in [0.2, 0.25) is 0 Å². The number of nitrogens with one attached hydrogen (secondary N) is 1. The van der Waals surface area contributed by atoms with E-state index < -0.39 is 0 Å². The van der Waals surface area contributed by atoms with Gasteiger partial charge in [-0.05, 0) is 23.9 Å². The molecule has 0 saturated carbocycles. The maximum Gasteiger partial charge on any atom is 0.270 e. The van der Waals surface area contributed by atoms with Gasteiger partial charge in [0.25, 0.3) is 5.91 Å². The number of thiophene rings is 1. The van der Waals surface area contributed by atoms with Gasteiger partial charge in [0.05, 0.1) is 5.02 Å². The van der Waals surface area contributed by atoms with E-state index in [0.29, 0.717) is 10.7 Å². The van der Waals surface area contributed by atoms with Crippen molar-refractivity contribution in [3.8, 4) is 0 Å². The molecule has 0 aromatic carbocycles. The number of hydrogen-bond donors (Lipinski definition) is 1. The van der Waals surface area contributed by atoms with Gasteiger partial charge in [-0.2, -0.15) is 0 Å². The minimum atomic E-state index is 0.0415. The van der Waals surface area contributed by atoms with Crippen LogP contribution in [0.4, 0.5) is 0 Å². The van der Waals surface area contributed by atoms with E-state index >= 15 is 0 Å². The predicted molar refractivity (Wildman–Crippen MR) is 85.9 cm³/mol. The molecule has 112 valence electrons. The lowest BCUT2D eigenvalue weighted by atomic mass is 10.3. The maximum atomic E-state index is 12.4. The zero-order valence-electron chi connectivity index (χ0n) is 11.7. The van der Waals surface area contributed by atoms with Crippen molar-refractivity contribution in [2.75, 3.05) is 26.2 Å². The molecule has 0 spiro atoms. The van der Waals surface area contributed by atoms with Crippen molar-refractivity contribution in [2.45, 2.75) is 13.0 Å². The van der Waals surface area contributed by atoms with Gasteiger partial charge in [-0.25, -0.2) is 0 Å². The van der Waals surface area contributed by atoms with Crippen LogP contribution in [0.25, 0.3) is 0 Å². The number of rotatable bonds is 3. The molecule has 1 aliphatic rings. The average Bonchev–Trinajstić information content (AvgIpc) is 3.07. The van der Waals surface area contributed by atoms with Crippen LogP contribution in [0.15, 0.2) is 29.8 Å². The van der Waals surface area contributed by atoms with E-state index in [1.54, 1.807) is 23.6 Å². The Hall–Kier alpha value is -1.30. The van der Waals surface area contributed by atoms with Crippen LogP contribution in [0.3, 0.4) is 0 Å². The van der Waals surface area contributed by atoms with E-state index in [1.165, 1.54) is 4.88 Å². The molecule has 1 aliphatic heterocycles. The summed E-state index contributed by atoms with van der Waals surface area (Å²) in [6.07, 6.45) is 2.65. The number of carbonyl (C=O) groups excluding carboxylic acids is 1. The highest BCUT2D eigenvalue weighted by Crippen LogP contribution is 2.16. The minimum absolute atomic E-state index is 0.0415. The van der Waals surface area contributed by atoms with Gasteiger partial charge in [-0.15, -0.1) is 11.3 Å². The second-order valence-corrected chi connectivity index (χ2v) is 6.70. The quantitative estimate of drug-likeness (QED) is 0.943. The van der Waals surface area contributed by atoms with Crippen molar-refractivity contribution < 1.29 is 4.79 Å². The number of H-pyrrole nitrogens is 1. The summed E-state index contributed by atoms with van der Waals surface area (Å²) in [7, 11) is 0. The number of aromatic amines is 1. The first kappa shape index (κ1) is 14.6. The number of carbonyl (C=O) groups is 1. The van der Waals surface area contributed by atoms with E-state index in [0.717, 1.165) is 39.1 Å². The first-order valence-corrected chi connectivity index (χ1v) is 8.36. The van der Waals surface area contributed by atoms with Gasteiger partial charge in [0, 0.05) is 43.8 Å². The molecular weight excluding hydrogens is 306 g/mol. The van der Waals surface area contributed by atoms with Crippen molar-refractivity contribution in [3.05, 3.63) is 45.4 Å². The fourth-order valence-corrected chi connectivity index (χ4v) is 3.53. The largest absolute Gasteiger partial charge is 0.356 e. The highest BCUT2D eigenvalue weighted by atomic mass is 35.5. The number of halogens is 1. The van der Waals surface area contributed by atoms with Crippen LogP contribution in [-0.4, -0.2) is 46.9 Å².